The average molecular weight is 339 g/mol. The Hall–Kier alpha value is -1.14. The number of aryl methyl sites for hydroxylation is 1. The van der Waals surface area contributed by atoms with E-state index >= 15 is 0 Å². The Morgan fingerprint density at radius 3 is 2.79 bits per heavy atom. The van der Waals surface area contributed by atoms with Crippen molar-refractivity contribution < 1.29 is 0 Å². The lowest BCUT2D eigenvalue weighted by Crippen LogP contribution is -2.05. The summed E-state index contributed by atoms with van der Waals surface area (Å²) in [5.41, 5.74) is 0.952. The van der Waals surface area contributed by atoms with Gasteiger partial charge in [0.2, 0.25) is 5.95 Å². The number of nitrogens with one attached hydrogen (secondary N) is 1. The van der Waals surface area contributed by atoms with Gasteiger partial charge in [-0.3, -0.25) is 0 Å². The van der Waals surface area contributed by atoms with Crippen LogP contribution in [0.2, 0.25) is 0 Å². The van der Waals surface area contributed by atoms with Gasteiger partial charge in [-0.25, -0.2) is 15.0 Å². The largest absolute Gasteiger partial charge is 0.354 e. The smallest absolute Gasteiger partial charge is 0.223 e. The molecule has 2 heterocycles. The maximum atomic E-state index is 4.48. The van der Waals surface area contributed by atoms with Gasteiger partial charge in [0.25, 0.3) is 0 Å². The highest BCUT2D eigenvalue weighted by molar-refractivity contribution is 9.10. The summed E-state index contributed by atoms with van der Waals surface area (Å²) in [6.07, 6.45) is 2.83. The Kier molecular flexibility index (Phi) is 5.15. The summed E-state index contributed by atoms with van der Waals surface area (Å²) in [7, 11) is 0. The van der Waals surface area contributed by atoms with Gasteiger partial charge >= 0.3 is 0 Å². The second-order valence-corrected chi connectivity index (χ2v) is 5.97. The molecule has 0 atom stereocenters. The molecular formula is C13H15BrN4S. The van der Waals surface area contributed by atoms with Crippen LogP contribution in [0.15, 0.2) is 38.9 Å². The van der Waals surface area contributed by atoms with Gasteiger partial charge in [-0.05, 0) is 59.2 Å². The van der Waals surface area contributed by atoms with Gasteiger partial charge in [-0.2, -0.15) is 0 Å². The molecule has 0 fully saturated rings. The molecule has 0 saturated heterocycles. The molecule has 0 aliphatic heterocycles. The first-order valence-corrected chi connectivity index (χ1v) is 7.67. The molecule has 0 radical (unpaired) electrons. The number of pyridine rings is 1. The van der Waals surface area contributed by atoms with Crippen LogP contribution in [-0.4, -0.2) is 21.5 Å². The lowest BCUT2D eigenvalue weighted by atomic mass is 10.4. The minimum atomic E-state index is 0.682. The summed E-state index contributed by atoms with van der Waals surface area (Å²) >= 11 is 4.91. The number of anilines is 1. The van der Waals surface area contributed by atoms with Crippen LogP contribution in [0.25, 0.3) is 0 Å². The van der Waals surface area contributed by atoms with Crippen molar-refractivity contribution >= 4 is 33.6 Å². The SMILES string of the molecule is CCCNc1nc(C)cc(Sc2ccc(Br)cn2)n1. The molecule has 2 rings (SSSR count). The topological polar surface area (TPSA) is 50.7 Å². The van der Waals surface area contributed by atoms with E-state index in [-0.39, 0.29) is 0 Å². The summed E-state index contributed by atoms with van der Waals surface area (Å²) in [5, 5.41) is 5.03. The van der Waals surface area contributed by atoms with Crippen molar-refractivity contribution in [2.45, 2.75) is 30.3 Å². The highest BCUT2D eigenvalue weighted by Crippen LogP contribution is 2.26. The van der Waals surface area contributed by atoms with E-state index in [9.17, 15) is 0 Å². The molecule has 0 aliphatic carbocycles. The Bertz CT molecular complexity index is 545. The standard InChI is InChI=1S/C13H15BrN4S/c1-3-6-15-13-17-9(2)7-12(18-13)19-11-5-4-10(14)8-16-11/h4-5,7-8H,3,6H2,1-2H3,(H,15,17,18). The van der Waals surface area contributed by atoms with E-state index in [0.29, 0.717) is 5.95 Å². The molecule has 0 amide bonds. The molecule has 1 N–H and O–H groups in total. The Morgan fingerprint density at radius 2 is 2.11 bits per heavy atom. The van der Waals surface area contributed by atoms with Gasteiger partial charge < -0.3 is 5.32 Å². The molecule has 0 bridgehead atoms. The number of hydrogen-bond acceptors (Lipinski definition) is 5. The predicted octanol–water partition coefficient (Wildman–Crippen LogP) is 3.92. The average Bonchev–Trinajstić information content (AvgIpc) is 2.38. The van der Waals surface area contributed by atoms with E-state index in [2.05, 4.69) is 43.1 Å². The lowest BCUT2D eigenvalue weighted by Gasteiger charge is -2.06. The van der Waals surface area contributed by atoms with Crippen molar-refractivity contribution in [2.75, 3.05) is 11.9 Å². The third-order valence-electron chi connectivity index (χ3n) is 2.27. The number of hydrogen-bond donors (Lipinski definition) is 1. The second kappa shape index (κ2) is 6.86. The summed E-state index contributed by atoms with van der Waals surface area (Å²) in [5.74, 6) is 0.682. The summed E-state index contributed by atoms with van der Waals surface area (Å²) in [4.78, 5) is 13.2. The molecular weight excluding hydrogens is 324 g/mol. The van der Waals surface area contributed by atoms with Crippen LogP contribution in [0.5, 0.6) is 0 Å². The van der Waals surface area contributed by atoms with Crippen LogP contribution in [0, 0.1) is 6.92 Å². The van der Waals surface area contributed by atoms with Crippen molar-refractivity contribution in [3.63, 3.8) is 0 Å². The lowest BCUT2D eigenvalue weighted by molar-refractivity contribution is 0.923. The number of halogens is 1. The Balaban J connectivity index is 2.15. The zero-order valence-electron chi connectivity index (χ0n) is 10.9. The monoisotopic (exact) mass is 338 g/mol. The maximum Gasteiger partial charge on any atom is 0.223 e. The van der Waals surface area contributed by atoms with E-state index in [1.54, 1.807) is 6.20 Å². The predicted molar refractivity (Wildman–Crippen MR) is 81.6 cm³/mol. The van der Waals surface area contributed by atoms with Gasteiger partial charge in [0, 0.05) is 22.9 Å². The van der Waals surface area contributed by atoms with Gasteiger partial charge in [0.05, 0.1) is 0 Å². The van der Waals surface area contributed by atoms with E-state index < -0.39 is 0 Å². The quantitative estimate of drug-likeness (QED) is 0.837. The van der Waals surface area contributed by atoms with E-state index in [4.69, 9.17) is 0 Å². The van der Waals surface area contributed by atoms with Crippen LogP contribution in [0.4, 0.5) is 5.95 Å². The molecule has 0 unspecified atom stereocenters. The van der Waals surface area contributed by atoms with Crippen molar-refractivity contribution in [1.29, 1.82) is 0 Å². The first-order chi connectivity index (χ1) is 9.17. The van der Waals surface area contributed by atoms with Crippen LogP contribution in [0.1, 0.15) is 19.0 Å². The number of aromatic nitrogens is 3. The van der Waals surface area contributed by atoms with Gasteiger partial charge in [-0.1, -0.05) is 6.92 Å². The molecule has 6 heteroatoms. The van der Waals surface area contributed by atoms with E-state index in [0.717, 1.165) is 33.2 Å². The van der Waals surface area contributed by atoms with Crippen molar-refractivity contribution in [2.24, 2.45) is 0 Å². The minimum absolute atomic E-state index is 0.682. The van der Waals surface area contributed by atoms with Crippen LogP contribution >= 0.6 is 27.7 Å². The normalized spacial score (nSPS) is 10.5. The molecule has 0 aliphatic rings. The minimum Gasteiger partial charge on any atom is -0.354 e. The second-order valence-electron chi connectivity index (χ2n) is 4.01. The Labute approximate surface area is 125 Å². The molecule has 0 spiro atoms. The van der Waals surface area contributed by atoms with Crippen LogP contribution in [0.3, 0.4) is 0 Å². The Morgan fingerprint density at radius 1 is 1.26 bits per heavy atom. The highest BCUT2D eigenvalue weighted by Gasteiger charge is 2.04. The summed E-state index contributed by atoms with van der Waals surface area (Å²) < 4.78 is 0.973. The highest BCUT2D eigenvalue weighted by atomic mass is 79.9. The zero-order chi connectivity index (χ0) is 13.7. The van der Waals surface area contributed by atoms with E-state index in [1.807, 2.05) is 25.1 Å². The summed E-state index contributed by atoms with van der Waals surface area (Å²) in [6, 6.07) is 5.90. The van der Waals surface area contributed by atoms with Crippen molar-refractivity contribution in [3.8, 4) is 0 Å². The fraction of sp³-hybridized carbons (Fsp3) is 0.308. The first-order valence-electron chi connectivity index (χ1n) is 6.06. The van der Waals surface area contributed by atoms with Crippen LogP contribution < -0.4 is 5.32 Å². The zero-order valence-corrected chi connectivity index (χ0v) is 13.3. The fourth-order valence-electron chi connectivity index (χ4n) is 1.44. The van der Waals surface area contributed by atoms with Crippen LogP contribution in [-0.2, 0) is 0 Å². The molecule has 2 aromatic heterocycles. The third-order valence-corrected chi connectivity index (χ3v) is 3.61. The van der Waals surface area contributed by atoms with Gasteiger partial charge in [0.1, 0.15) is 10.1 Å². The molecule has 4 nitrogen and oxygen atoms in total. The van der Waals surface area contributed by atoms with Gasteiger partial charge in [-0.15, -0.1) is 0 Å². The van der Waals surface area contributed by atoms with Gasteiger partial charge in [0.15, 0.2) is 0 Å². The molecule has 0 saturated carbocycles. The fourth-order valence-corrected chi connectivity index (χ4v) is 2.49. The summed E-state index contributed by atoms with van der Waals surface area (Å²) in [6.45, 7) is 4.96. The number of rotatable bonds is 5. The number of nitrogens with zero attached hydrogens (tertiary/aromatic N) is 3. The van der Waals surface area contributed by atoms with E-state index in [1.165, 1.54) is 11.8 Å². The molecule has 0 aromatic carbocycles. The maximum absolute atomic E-state index is 4.48. The third kappa shape index (κ3) is 4.47. The molecule has 19 heavy (non-hydrogen) atoms. The first kappa shape index (κ1) is 14.3. The molecule has 100 valence electrons. The molecule has 2 aromatic rings. The van der Waals surface area contributed by atoms with Crippen molar-refractivity contribution in [3.05, 3.63) is 34.6 Å². The van der Waals surface area contributed by atoms with Crippen molar-refractivity contribution in [1.82, 2.24) is 15.0 Å².